The van der Waals surface area contributed by atoms with Gasteiger partial charge in [-0.05, 0) is 24.6 Å². The molecule has 0 saturated carbocycles. The smallest absolute Gasteiger partial charge is 0.224 e. The number of phenolic OH excluding ortho intramolecular Hbond substituents is 1. The maximum Gasteiger partial charge on any atom is 0.224 e. The van der Waals surface area contributed by atoms with E-state index in [0.717, 1.165) is 5.56 Å². The van der Waals surface area contributed by atoms with Crippen molar-refractivity contribution >= 4 is 17.4 Å². The fourth-order valence-electron chi connectivity index (χ4n) is 1.96. The van der Waals surface area contributed by atoms with Gasteiger partial charge in [0.1, 0.15) is 5.75 Å². The highest BCUT2D eigenvalue weighted by molar-refractivity contribution is 6.00. The molecule has 0 atom stereocenters. The lowest BCUT2D eigenvalue weighted by atomic mass is 10.1. The zero-order valence-corrected chi connectivity index (χ0v) is 11.8. The largest absolute Gasteiger partial charge is 0.506 e. The van der Waals surface area contributed by atoms with Gasteiger partial charge in [-0.1, -0.05) is 36.4 Å². The molecule has 108 valence electrons. The Bertz CT molecular complexity index is 650. The molecule has 0 saturated heterocycles. The molecule has 2 rings (SSSR count). The molecule has 0 radical (unpaired) electrons. The molecule has 0 unspecified atom stereocenters. The lowest BCUT2D eigenvalue weighted by Crippen LogP contribution is -2.13. The molecule has 1 amide bonds. The molecule has 0 aliphatic rings. The standard InChI is InChI=1S/C17H17NO3/c1-12-7-8-14(16(20)11-12)18-17(21)10-9-15(19)13-5-3-2-4-6-13/h2-8,11,20H,9-10H2,1H3,(H,18,21). The maximum absolute atomic E-state index is 11.9. The summed E-state index contributed by atoms with van der Waals surface area (Å²) < 4.78 is 0. The quantitative estimate of drug-likeness (QED) is 0.653. The monoisotopic (exact) mass is 283 g/mol. The summed E-state index contributed by atoms with van der Waals surface area (Å²) in [6.45, 7) is 1.85. The van der Waals surface area contributed by atoms with Gasteiger partial charge in [0.2, 0.25) is 5.91 Å². The van der Waals surface area contributed by atoms with E-state index in [1.807, 2.05) is 13.0 Å². The van der Waals surface area contributed by atoms with Crippen molar-refractivity contribution in [3.63, 3.8) is 0 Å². The van der Waals surface area contributed by atoms with Gasteiger partial charge >= 0.3 is 0 Å². The van der Waals surface area contributed by atoms with E-state index in [9.17, 15) is 14.7 Å². The molecule has 2 N–H and O–H groups in total. The third kappa shape index (κ3) is 4.18. The van der Waals surface area contributed by atoms with E-state index in [1.165, 1.54) is 0 Å². The summed E-state index contributed by atoms with van der Waals surface area (Å²) in [7, 11) is 0. The van der Waals surface area contributed by atoms with Crippen molar-refractivity contribution in [3.8, 4) is 5.75 Å². The van der Waals surface area contributed by atoms with Gasteiger partial charge in [-0.15, -0.1) is 0 Å². The first-order valence-electron chi connectivity index (χ1n) is 6.74. The van der Waals surface area contributed by atoms with Gasteiger partial charge in [-0.2, -0.15) is 0 Å². The van der Waals surface area contributed by atoms with Crippen molar-refractivity contribution in [2.45, 2.75) is 19.8 Å². The van der Waals surface area contributed by atoms with Crippen LogP contribution in [0.5, 0.6) is 5.75 Å². The molecule has 0 fully saturated rings. The van der Waals surface area contributed by atoms with Crippen molar-refractivity contribution in [1.29, 1.82) is 0 Å². The summed E-state index contributed by atoms with van der Waals surface area (Å²) in [6.07, 6.45) is 0.226. The van der Waals surface area contributed by atoms with E-state index >= 15 is 0 Å². The second-order valence-electron chi connectivity index (χ2n) is 4.86. The number of benzene rings is 2. The molecule has 0 aromatic heterocycles. The number of nitrogens with one attached hydrogen (secondary N) is 1. The number of anilines is 1. The van der Waals surface area contributed by atoms with Gasteiger partial charge in [0.25, 0.3) is 0 Å². The zero-order chi connectivity index (χ0) is 15.2. The normalized spacial score (nSPS) is 10.1. The Kier molecular flexibility index (Phi) is 4.72. The van der Waals surface area contributed by atoms with Gasteiger partial charge in [-0.3, -0.25) is 9.59 Å². The predicted molar refractivity (Wildman–Crippen MR) is 81.5 cm³/mol. The minimum Gasteiger partial charge on any atom is -0.506 e. The van der Waals surface area contributed by atoms with Gasteiger partial charge in [-0.25, -0.2) is 0 Å². The van der Waals surface area contributed by atoms with Crippen molar-refractivity contribution in [2.24, 2.45) is 0 Å². The molecule has 0 bridgehead atoms. The number of hydrogen-bond acceptors (Lipinski definition) is 3. The SMILES string of the molecule is Cc1ccc(NC(=O)CCC(=O)c2ccccc2)c(O)c1. The first-order valence-corrected chi connectivity index (χ1v) is 6.74. The highest BCUT2D eigenvalue weighted by Gasteiger charge is 2.10. The number of carbonyl (C=O) groups excluding carboxylic acids is 2. The number of aromatic hydroxyl groups is 1. The number of rotatable bonds is 5. The molecular formula is C17H17NO3. The van der Waals surface area contributed by atoms with Crippen molar-refractivity contribution in [2.75, 3.05) is 5.32 Å². The molecule has 4 nitrogen and oxygen atoms in total. The van der Waals surface area contributed by atoms with Crippen molar-refractivity contribution in [1.82, 2.24) is 0 Å². The number of Topliss-reactive ketones (excluding diaryl/α,β-unsaturated/α-hetero) is 1. The molecule has 2 aromatic rings. The van der Waals surface area contributed by atoms with Gasteiger partial charge < -0.3 is 10.4 Å². The van der Waals surface area contributed by atoms with Crippen LogP contribution < -0.4 is 5.32 Å². The number of carbonyl (C=O) groups is 2. The second-order valence-corrected chi connectivity index (χ2v) is 4.86. The molecule has 2 aromatic carbocycles. The van der Waals surface area contributed by atoms with Crippen molar-refractivity contribution < 1.29 is 14.7 Å². The topological polar surface area (TPSA) is 66.4 Å². The third-order valence-electron chi connectivity index (χ3n) is 3.10. The number of aryl methyl sites for hydroxylation is 1. The molecule has 0 aliphatic heterocycles. The Morgan fingerprint density at radius 1 is 1.05 bits per heavy atom. The third-order valence-corrected chi connectivity index (χ3v) is 3.10. The molecule has 0 spiro atoms. The highest BCUT2D eigenvalue weighted by Crippen LogP contribution is 2.24. The Hall–Kier alpha value is -2.62. The van der Waals surface area contributed by atoms with Crippen LogP contribution in [0.15, 0.2) is 48.5 Å². The summed E-state index contributed by atoms with van der Waals surface area (Å²) in [6, 6.07) is 13.9. The Labute approximate surface area is 123 Å². The van der Waals surface area contributed by atoms with Gasteiger partial charge in [0.05, 0.1) is 5.69 Å². The minimum atomic E-state index is -0.293. The van der Waals surface area contributed by atoms with E-state index in [2.05, 4.69) is 5.32 Å². The van der Waals surface area contributed by atoms with Crippen LogP contribution in [0.25, 0.3) is 0 Å². The van der Waals surface area contributed by atoms with E-state index in [0.29, 0.717) is 11.3 Å². The minimum absolute atomic E-state index is 0.0257. The first-order chi connectivity index (χ1) is 10.1. The molecule has 0 aliphatic carbocycles. The van der Waals surface area contributed by atoms with Crippen LogP contribution >= 0.6 is 0 Å². The lowest BCUT2D eigenvalue weighted by molar-refractivity contribution is -0.116. The molecule has 0 heterocycles. The number of phenols is 1. The van der Waals surface area contributed by atoms with Crippen LogP contribution in [-0.2, 0) is 4.79 Å². The van der Waals surface area contributed by atoms with Crippen LogP contribution in [0, 0.1) is 6.92 Å². The van der Waals surface area contributed by atoms with Crippen LogP contribution in [0.2, 0.25) is 0 Å². The van der Waals surface area contributed by atoms with Gasteiger partial charge in [0, 0.05) is 18.4 Å². The van der Waals surface area contributed by atoms with Gasteiger partial charge in [0.15, 0.2) is 5.78 Å². The fourth-order valence-corrected chi connectivity index (χ4v) is 1.96. The Morgan fingerprint density at radius 3 is 2.43 bits per heavy atom. The Morgan fingerprint density at radius 2 is 1.76 bits per heavy atom. The van der Waals surface area contributed by atoms with Crippen LogP contribution in [0.3, 0.4) is 0 Å². The average Bonchev–Trinajstić information content (AvgIpc) is 2.48. The molecular weight excluding hydrogens is 266 g/mol. The predicted octanol–water partition coefficient (Wildman–Crippen LogP) is 3.30. The second kappa shape index (κ2) is 6.70. The highest BCUT2D eigenvalue weighted by atomic mass is 16.3. The number of hydrogen-bond donors (Lipinski definition) is 2. The Balaban J connectivity index is 1.89. The summed E-state index contributed by atoms with van der Waals surface area (Å²) in [5.41, 5.74) is 1.87. The van der Waals surface area contributed by atoms with Crippen LogP contribution in [0.4, 0.5) is 5.69 Å². The summed E-state index contributed by atoms with van der Waals surface area (Å²) in [5, 5.41) is 12.3. The fraction of sp³-hybridized carbons (Fsp3) is 0.176. The number of amides is 1. The summed E-state index contributed by atoms with van der Waals surface area (Å²) >= 11 is 0. The van der Waals surface area contributed by atoms with E-state index in [-0.39, 0.29) is 30.3 Å². The van der Waals surface area contributed by atoms with E-state index in [1.54, 1.807) is 42.5 Å². The van der Waals surface area contributed by atoms with Crippen molar-refractivity contribution in [3.05, 3.63) is 59.7 Å². The maximum atomic E-state index is 11.9. The average molecular weight is 283 g/mol. The molecule has 21 heavy (non-hydrogen) atoms. The van der Waals surface area contributed by atoms with Crippen LogP contribution in [0.1, 0.15) is 28.8 Å². The first kappa shape index (κ1) is 14.8. The summed E-state index contributed by atoms with van der Waals surface area (Å²) in [4.78, 5) is 23.7. The van der Waals surface area contributed by atoms with Crippen LogP contribution in [-0.4, -0.2) is 16.8 Å². The summed E-state index contributed by atoms with van der Waals surface area (Å²) in [5.74, 6) is -0.338. The molecule has 4 heteroatoms. The number of ketones is 1. The van der Waals surface area contributed by atoms with E-state index in [4.69, 9.17) is 0 Å². The van der Waals surface area contributed by atoms with E-state index < -0.39 is 0 Å². The zero-order valence-electron chi connectivity index (χ0n) is 11.8. The lowest BCUT2D eigenvalue weighted by Gasteiger charge is -2.07.